The highest BCUT2D eigenvalue weighted by Crippen LogP contribution is 2.42. The molecule has 15 atom stereocenters. The van der Waals surface area contributed by atoms with Gasteiger partial charge in [0, 0.05) is 79.6 Å². The molecule has 3 aromatic rings. The summed E-state index contributed by atoms with van der Waals surface area (Å²) in [5.74, 6) is -11.0. The number of aliphatic hydroxyl groups is 3. The Bertz CT molecular complexity index is 3230. The Morgan fingerprint density at radius 1 is 0.937 bits per heavy atom. The van der Waals surface area contributed by atoms with E-state index in [1.165, 1.54) is 61.3 Å². The number of cyclic esters (lactones) is 1. The lowest BCUT2D eigenvalue weighted by Gasteiger charge is -2.46. The van der Waals surface area contributed by atoms with Gasteiger partial charge in [0.2, 0.25) is 11.7 Å². The molecule has 4 heterocycles. The van der Waals surface area contributed by atoms with Crippen molar-refractivity contribution >= 4 is 82.2 Å². The maximum Gasteiger partial charge on any atom is 0.434 e. The van der Waals surface area contributed by atoms with E-state index in [4.69, 9.17) is 35.3 Å². The van der Waals surface area contributed by atoms with Gasteiger partial charge in [-0.2, -0.15) is 30.0 Å². The quantitative estimate of drug-likeness (QED) is 0.0145. The van der Waals surface area contributed by atoms with Crippen LogP contribution in [0, 0.1) is 41.4 Å². The fourth-order valence-electron chi connectivity index (χ4n) is 13.5. The van der Waals surface area contributed by atoms with Crippen molar-refractivity contribution in [1.29, 1.82) is 0 Å². The van der Waals surface area contributed by atoms with E-state index in [0.717, 1.165) is 22.7 Å². The van der Waals surface area contributed by atoms with Crippen LogP contribution >= 0.6 is 23.4 Å². The number of benzene rings is 2. The number of carbonyl (C=O) groups is 8. The predicted molar refractivity (Wildman–Crippen MR) is 348 cm³/mol. The Balaban J connectivity index is 0.996. The molecule has 1 aliphatic carbocycles. The van der Waals surface area contributed by atoms with Gasteiger partial charge in [-0.25, -0.2) is 9.48 Å². The maximum absolute atomic E-state index is 14.7. The largest absolute Gasteiger partial charge is 0.484 e. The number of aliphatic hydroxyl groups excluding tert-OH is 2. The lowest BCUT2D eigenvalue weighted by molar-refractivity contribution is -0.293. The molecule has 6 N–H and O–H groups in total. The zero-order valence-electron chi connectivity index (χ0n) is 54.8. The lowest BCUT2D eigenvalue weighted by atomic mass is 9.76. The highest BCUT2D eigenvalue weighted by atomic mass is 35.5. The first kappa shape index (κ1) is 75.9. The van der Waals surface area contributed by atoms with Gasteiger partial charge in [-0.15, -0.1) is 0 Å². The smallest absolute Gasteiger partial charge is 0.434 e. The van der Waals surface area contributed by atoms with Crippen molar-refractivity contribution in [2.45, 2.75) is 173 Å². The Morgan fingerprint density at radius 2 is 1.64 bits per heavy atom. The summed E-state index contributed by atoms with van der Waals surface area (Å²) in [5.41, 5.74) is -1.25. The number of aldehydes is 1. The number of hydrogen-bond acceptors (Lipinski definition) is 18. The highest BCUT2D eigenvalue weighted by molar-refractivity contribution is 7.99. The minimum Gasteiger partial charge on any atom is -0.484 e. The summed E-state index contributed by atoms with van der Waals surface area (Å²) in [7, 11) is 2.98. The van der Waals surface area contributed by atoms with E-state index in [1.54, 1.807) is 21.0 Å². The third kappa shape index (κ3) is 20.1. The predicted octanol–water partition coefficient (Wildman–Crippen LogP) is 8.89. The number of thioether (sulfide) groups is 1. The number of esters is 1. The fourth-order valence-corrected chi connectivity index (χ4v) is 14.6. The molecule has 1 aromatic heterocycles. The molecule has 2 aromatic carbocycles. The van der Waals surface area contributed by atoms with E-state index in [2.05, 4.69) is 27.6 Å². The molecule has 4 amide bonds. The van der Waals surface area contributed by atoms with Gasteiger partial charge in [0.05, 0.1) is 48.0 Å². The zero-order chi connectivity index (χ0) is 69.5. The summed E-state index contributed by atoms with van der Waals surface area (Å²) in [5, 5.41) is 46.5. The number of Topliss-reactive ketones (excluding diaryl/α,β-unsaturated/α-hetero) is 2. The second kappa shape index (κ2) is 34.6. The molecule has 0 spiro atoms. The molecule has 522 valence electrons. The number of carbonyl (C=O) groups excluding carboxylic acids is 8. The minimum absolute atomic E-state index is 0.00187. The second-order valence-electron chi connectivity index (χ2n) is 25.8. The van der Waals surface area contributed by atoms with Crippen LogP contribution in [0.2, 0.25) is 5.02 Å². The van der Waals surface area contributed by atoms with Gasteiger partial charge in [-0.1, -0.05) is 57.5 Å². The number of nitrogens with zero attached hydrogens (tertiary/aromatic N) is 3. The molecule has 3 aliphatic heterocycles. The van der Waals surface area contributed by atoms with Crippen molar-refractivity contribution in [3.8, 4) is 11.4 Å². The van der Waals surface area contributed by atoms with Gasteiger partial charge in [-0.3, -0.25) is 28.8 Å². The SMILES string of the molecule is C=CC(=O)Nc1cc(Cl)cc(NC(=O)c2cnn(-c3ccc(OCC(=O)NCCSCCC[C@@H]4/C=C(\C)C[C@H](C)C[C@H](C=O)[C@H]5O[C@@](O)(C(=O)C(=O)N6CCCC[C@H]6C(=O)O[C@H](C(C)C[C@@H]6CC[C@@H](O)[C@H](OC)C6)[C@H](C)[C@@H](O)CC4=O)[C@H](C)C[C@@H]5OC)cc3)c2C(F)(F)F)c1. The van der Waals surface area contributed by atoms with Crippen molar-refractivity contribution in [1.82, 2.24) is 20.0 Å². The van der Waals surface area contributed by atoms with Crippen molar-refractivity contribution in [2.75, 3.05) is 56.1 Å². The first-order valence-corrected chi connectivity index (χ1v) is 33.9. The number of methoxy groups -OCH3 is 2. The number of alkyl halides is 3. The number of anilines is 2. The number of aromatic nitrogens is 2. The molecule has 1 unspecified atom stereocenters. The summed E-state index contributed by atoms with van der Waals surface area (Å²) in [4.78, 5) is 110. The number of ketones is 2. The number of nitrogens with one attached hydrogen (secondary N) is 3. The lowest BCUT2D eigenvalue weighted by Crippen LogP contribution is -2.64. The first-order chi connectivity index (χ1) is 45.1. The number of amides is 4. The number of fused-ring (bicyclic) bond motifs is 3. The number of ether oxygens (including phenoxy) is 5. The van der Waals surface area contributed by atoms with Gasteiger partial charge in [0.1, 0.15) is 30.0 Å². The Labute approximate surface area is 561 Å². The molecule has 7 rings (SSSR count). The molecule has 2 saturated heterocycles. The first-order valence-electron chi connectivity index (χ1n) is 32.4. The van der Waals surface area contributed by atoms with E-state index in [9.17, 15) is 66.8 Å². The second-order valence-corrected chi connectivity index (χ2v) is 27.5. The summed E-state index contributed by atoms with van der Waals surface area (Å²) in [6.45, 7) is 12.2. The topological polar surface area (TPSA) is 301 Å². The van der Waals surface area contributed by atoms with Crippen LogP contribution in [0.3, 0.4) is 0 Å². The molecule has 4 aliphatic rings. The third-order valence-corrected chi connectivity index (χ3v) is 19.9. The van der Waals surface area contributed by atoms with Crippen LogP contribution < -0.4 is 20.7 Å². The van der Waals surface area contributed by atoms with Crippen LogP contribution in [0.25, 0.3) is 5.69 Å². The number of hydrogen-bond donors (Lipinski definition) is 6. The van der Waals surface area contributed by atoms with E-state index in [-0.39, 0.29) is 84.2 Å². The molecule has 22 nitrogen and oxygen atoms in total. The Hall–Kier alpha value is -6.52. The molecular weight excluding hydrogens is 1280 g/mol. The van der Waals surface area contributed by atoms with Crippen LogP contribution in [0.15, 0.2) is 73.0 Å². The molecular formula is C68H90ClF3N6O16S. The average molecular weight is 1370 g/mol. The summed E-state index contributed by atoms with van der Waals surface area (Å²) in [6.07, 6.45) is -1.11. The molecule has 95 heavy (non-hydrogen) atoms. The van der Waals surface area contributed by atoms with Crippen molar-refractivity contribution < 1.29 is 90.5 Å². The van der Waals surface area contributed by atoms with Crippen LogP contribution in [0.4, 0.5) is 24.5 Å². The average Bonchev–Trinajstić information content (AvgIpc) is 0.969. The van der Waals surface area contributed by atoms with Crippen molar-refractivity contribution in [3.63, 3.8) is 0 Å². The van der Waals surface area contributed by atoms with Gasteiger partial charge < -0.3 is 64.6 Å². The van der Waals surface area contributed by atoms with Crippen LogP contribution in [-0.2, 0) is 58.7 Å². The summed E-state index contributed by atoms with van der Waals surface area (Å²) >= 11 is 7.66. The summed E-state index contributed by atoms with van der Waals surface area (Å²) < 4.78 is 73.9. The molecule has 27 heteroatoms. The van der Waals surface area contributed by atoms with Gasteiger partial charge in [0.15, 0.2) is 12.3 Å². The molecule has 1 saturated carbocycles. The Kier molecular flexibility index (Phi) is 27.6. The van der Waals surface area contributed by atoms with E-state index in [0.29, 0.717) is 80.3 Å². The Morgan fingerprint density at radius 3 is 2.32 bits per heavy atom. The number of allylic oxidation sites excluding steroid dienone is 2. The third-order valence-electron chi connectivity index (χ3n) is 18.6. The van der Waals surface area contributed by atoms with Gasteiger partial charge >= 0.3 is 12.1 Å². The van der Waals surface area contributed by atoms with Crippen LogP contribution in [0.1, 0.15) is 134 Å². The number of rotatable bonds is 21. The summed E-state index contributed by atoms with van der Waals surface area (Å²) in [6, 6.07) is 7.97. The molecule has 2 bridgehead atoms. The molecule has 0 radical (unpaired) electrons. The van der Waals surface area contributed by atoms with E-state index >= 15 is 0 Å². The minimum atomic E-state index is -5.04. The molecule has 3 fully saturated rings. The highest BCUT2D eigenvalue weighted by Gasteiger charge is 2.57. The van der Waals surface area contributed by atoms with Crippen molar-refractivity contribution in [2.24, 2.45) is 41.4 Å². The van der Waals surface area contributed by atoms with Gasteiger partial charge in [0.25, 0.3) is 23.5 Å². The number of piperidine rings is 1. The zero-order valence-corrected chi connectivity index (χ0v) is 56.4. The number of halogens is 4. The normalized spacial score (nSPS) is 29.3. The van der Waals surface area contributed by atoms with Gasteiger partial charge in [-0.05, 0) is 156 Å². The standard InChI is InChI=1S/C68H90ClF3N6O16S/c1-9-58(83)75-47-31-46(69)32-48(33-47)76-64(86)51-35-74-78(62(51)68(70,71)72)49-16-18-50(19-17-49)92-37-59(84)73-21-24-95-23-12-13-44-26-38(2)25-39(3)27-45(36-79)61-57(91-8)29-41(5)67(89,94-61)63(85)65(87)77-22-11-10-14-52(77)66(88)93-60(42(6)54(81)34-55(44)82)40(4)28-43-15-20-53(80)56(30-43)90-7/h9,16-19,26,31-33,35-36,39-45,52-54,56-57,60-61,80-81,89H,1,10-15,20-25,27-30,34,37H2,2-8H3,(H,73,84)(H,75,83)(H,76,86)/b38-26+/t39-,40?,41+,42+,43-,44+,45+,52-,53+,54-,56+,57-,60+,61+,67+/m0/s1. The van der Waals surface area contributed by atoms with E-state index < -0.39 is 137 Å². The van der Waals surface area contributed by atoms with Crippen LogP contribution in [0.5, 0.6) is 5.75 Å². The van der Waals surface area contributed by atoms with E-state index in [1.807, 2.05) is 26.8 Å². The monoisotopic (exact) mass is 1370 g/mol. The van der Waals surface area contributed by atoms with Crippen molar-refractivity contribution in [3.05, 3.63) is 89.2 Å². The maximum atomic E-state index is 14.7. The van der Waals surface area contributed by atoms with Crippen LogP contribution in [-0.4, -0.2) is 171 Å². The fraction of sp³-hybridized carbons (Fsp3) is 0.603.